The molecule has 3 heteroatoms. The van der Waals surface area contributed by atoms with E-state index in [0.717, 1.165) is 12.1 Å². The van der Waals surface area contributed by atoms with Gasteiger partial charge in [0.25, 0.3) is 0 Å². The van der Waals surface area contributed by atoms with Crippen LogP contribution in [0.1, 0.15) is 32.0 Å². The first-order valence-electron chi connectivity index (χ1n) is 4.31. The van der Waals surface area contributed by atoms with Gasteiger partial charge in [-0.05, 0) is 19.4 Å². The van der Waals surface area contributed by atoms with Crippen molar-refractivity contribution >= 4 is 0 Å². The fourth-order valence-electron chi connectivity index (χ4n) is 1.17. The van der Waals surface area contributed by atoms with Crippen LogP contribution in [0.25, 0.3) is 0 Å². The highest BCUT2D eigenvalue weighted by Crippen LogP contribution is 2.12. The molecule has 0 saturated heterocycles. The van der Waals surface area contributed by atoms with E-state index in [1.54, 1.807) is 7.11 Å². The molecule has 0 saturated carbocycles. The summed E-state index contributed by atoms with van der Waals surface area (Å²) in [4.78, 5) is 0. The van der Waals surface area contributed by atoms with Gasteiger partial charge in [-0.3, -0.25) is 4.68 Å². The second-order valence-corrected chi connectivity index (χ2v) is 2.96. The van der Waals surface area contributed by atoms with Gasteiger partial charge in [-0.2, -0.15) is 5.10 Å². The lowest BCUT2D eigenvalue weighted by Crippen LogP contribution is -2.10. The van der Waals surface area contributed by atoms with Gasteiger partial charge in [0.1, 0.15) is 0 Å². The van der Waals surface area contributed by atoms with Gasteiger partial charge in [-0.1, -0.05) is 6.92 Å². The minimum Gasteiger partial charge on any atom is -0.378 e. The minimum absolute atomic E-state index is 0.463. The van der Waals surface area contributed by atoms with E-state index >= 15 is 0 Å². The van der Waals surface area contributed by atoms with E-state index in [9.17, 15) is 0 Å². The second kappa shape index (κ2) is 4.26. The molecule has 1 atom stereocenters. The molecule has 0 bridgehead atoms. The van der Waals surface area contributed by atoms with Crippen LogP contribution in [-0.2, 0) is 11.3 Å². The van der Waals surface area contributed by atoms with Gasteiger partial charge in [0.15, 0.2) is 0 Å². The Morgan fingerprint density at radius 2 is 2.42 bits per heavy atom. The molecule has 0 aromatic carbocycles. The quantitative estimate of drug-likeness (QED) is 0.687. The molecule has 0 aliphatic heterocycles. The second-order valence-electron chi connectivity index (χ2n) is 2.96. The van der Waals surface area contributed by atoms with Crippen LogP contribution in [0.3, 0.4) is 0 Å². The van der Waals surface area contributed by atoms with Crippen LogP contribution in [-0.4, -0.2) is 16.9 Å². The van der Waals surface area contributed by atoms with Crippen LogP contribution in [0.5, 0.6) is 0 Å². The monoisotopic (exact) mass is 168 g/mol. The van der Waals surface area contributed by atoms with Crippen molar-refractivity contribution in [3.05, 3.63) is 18.0 Å². The number of hydrogen-bond donors (Lipinski definition) is 0. The first kappa shape index (κ1) is 9.26. The normalized spacial score (nSPS) is 13.2. The summed E-state index contributed by atoms with van der Waals surface area (Å²) < 4.78 is 7.08. The molecular weight excluding hydrogens is 152 g/mol. The number of methoxy groups -OCH3 is 1. The van der Waals surface area contributed by atoms with Crippen LogP contribution in [0, 0.1) is 0 Å². The molecule has 1 aromatic rings. The number of ether oxygens (including phenoxy) is 1. The van der Waals surface area contributed by atoms with Gasteiger partial charge < -0.3 is 4.74 Å². The molecule has 0 fully saturated rings. The maximum absolute atomic E-state index is 5.06. The molecule has 0 spiro atoms. The smallest absolute Gasteiger partial charge is 0.0881 e. The van der Waals surface area contributed by atoms with Crippen molar-refractivity contribution < 1.29 is 4.74 Å². The molecule has 0 aliphatic carbocycles. The van der Waals surface area contributed by atoms with Crippen LogP contribution in [0.4, 0.5) is 0 Å². The molecule has 1 heterocycles. The van der Waals surface area contributed by atoms with Crippen LogP contribution < -0.4 is 0 Å². The van der Waals surface area contributed by atoms with Crippen molar-refractivity contribution in [3.63, 3.8) is 0 Å². The third kappa shape index (κ3) is 1.85. The molecule has 0 amide bonds. The Morgan fingerprint density at radius 1 is 1.67 bits per heavy atom. The van der Waals surface area contributed by atoms with Gasteiger partial charge in [-0.15, -0.1) is 0 Å². The van der Waals surface area contributed by atoms with Crippen molar-refractivity contribution in [2.75, 3.05) is 7.11 Å². The Bertz CT molecular complexity index is 232. The van der Waals surface area contributed by atoms with E-state index in [0.29, 0.717) is 12.6 Å². The summed E-state index contributed by atoms with van der Waals surface area (Å²) in [6.45, 7) is 4.96. The predicted molar refractivity (Wildman–Crippen MR) is 47.9 cm³/mol. The summed E-state index contributed by atoms with van der Waals surface area (Å²) in [5, 5.41) is 4.24. The maximum atomic E-state index is 5.06. The third-order valence-electron chi connectivity index (χ3n) is 2.05. The fraction of sp³-hybridized carbons (Fsp3) is 0.667. The summed E-state index contributed by atoms with van der Waals surface area (Å²) in [5.41, 5.74) is 1.15. The van der Waals surface area contributed by atoms with Crippen LogP contribution in [0.15, 0.2) is 12.3 Å². The Labute approximate surface area is 73.3 Å². The summed E-state index contributed by atoms with van der Waals surface area (Å²) >= 11 is 0. The Hall–Kier alpha value is -0.830. The molecule has 0 aliphatic rings. The summed E-state index contributed by atoms with van der Waals surface area (Å²) in [5.74, 6) is 0. The van der Waals surface area contributed by atoms with E-state index in [4.69, 9.17) is 4.74 Å². The molecule has 12 heavy (non-hydrogen) atoms. The van der Waals surface area contributed by atoms with E-state index in [1.807, 2.05) is 16.9 Å². The zero-order valence-corrected chi connectivity index (χ0v) is 7.95. The fourth-order valence-corrected chi connectivity index (χ4v) is 1.17. The molecule has 0 N–H and O–H groups in total. The van der Waals surface area contributed by atoms with E-state index < -0.39 is 0 Å². The van der Waals surface area contributed by atoms with E-state index in [-0.39, 0.29) is 0 Å². The molecule has 0 radical (unpaired) electrons. The lowest BCUT2D eigenvalue weighted by molar-refractivity contribution is 0.174. The molecule has 68 valence electrons. The van der Waals surface area contributed by atoms with Crippen molar-refractivity contribution in [3.8, 4) is 0 Å². The van der Waals surface area contributed by atoms with Crippen molar-refractivity contribution in [2.24, 2.45) is 0 Å². The number of rotatable bonds is 4. The highest BCUT2D eigenvalue weighted by molar-refractivity contribution is 4.99. The summed E-state index contributed by atoms with van der Waals surface area (Å²) in [6, 6.07) is 2.46. The maximum Gasteiger partial charge on any atom is 0.0881 e. The Kier molecular flexibility index (Phi) is 3.29. The van der Waals surface area contributed by atoms with Gasteiger partial charge in [0.2, 0.25) is 0 Å². The standard InChI is InChI=1S/C9H16N2O/c1-4-8(2)11-9(7-12-3)5-6-10-11/h5-6,8H,4,7H2,1-3H3. The molecular formula is C9H16N2O. The molecule has 3 nitrogen and oxygen atoms in total. The lowest BCUT2D eigenvalue weighted by atomic mass is 10.2. The van der Waals surface area contributed by atoms with E-state index in [2.05, 4.69) is 18.9 Å². The summed E-state index contributed by atoms with van der Waals surface area (Å²) in [7, 11) is 1.70. The first-order chi connectivity index (χ1) is 5.79. The Balaban J connectivity index is 2.76. The zero-order chi connectivity index (χ0) is 8.97. The molecule has 1 rings (SSSR count). The number of nitrogens with zero attached hydrogens (tertiary/aromatic N) is 2. The largest absolute Gasteiger partial charge is 0.378 e. The predicted octanol–water partition coefficient (Wildman–Crippen LogP) is 2.00. The van der Waals surface area contributed by atoms with Crippen LogP contribution >= 0.6 is 0 Å². The van der Waals surface area contributed by atoms with Crippen molar-refractivity contribution in [1.82, 2.24) is 9.78 Å². The van der Waals surface area contributed by atoms with Crippen LogP contribution in [0.2, 0.25) is 0 Å². The van der Waals surface area contributed by atoms with Gasteiger partial charge in [0.05, 0.1) is 12.3 Å². The summed E-state index contributed by atoms with van der Waals surface area (Å²) in [6.07, 6.45) is 2.92. The zero-order valence-electron chi connectivity index (χ0n) is 7.95. The minimum atomic E-state index is 0.463. The highest BCUT2D eigenvalue weighted by Gasteiger charge is 2.06. The average molecular weight is 168 g/mol. The van der Waals surface area contributed by atoms with Gasteiger partial charge >= 0.3 is 0 Å². The van der Waals surface area contributed by atoms with Crippen molar-refractivity contribution in [1.29, 1.82) is 0 Å². The average Bonchev–Trinajstić information content (AvgIpc) is 2.52. The lowest BCUT2D eigenvalue weighted by Gasteiger charge is -2.12. The first-order valence-corrected chi connectivity index (χ1v) is 4.31. The number of aromatic nitrogens is 2. The van der Waals surface area contributed by atoms with Gasteiger partial charge in [-0.25, -0.2) is 0 Å². The highest BCUT2D eigenvalue weighted by atomic mass is 16.5. The number of hydrogen-bond acceptors (Lipinski definition) is 2. The molecule has 1 unspecified atom stereocenters. The Morgan fingerprint density at radius 3 is 3.00 bits per heavy atom. The topological polar surface area (TPSA) is 27.1 Å². The SMILES string of the molecule is CCC(C)n1nccc1COC. The van der Waals surface area contributed by atoms with Gasteiger partial charge in [0, 0.05) is 19.3 Å². The van der Waals surface area contributed by atoms with Crippen molar-refractivity contribution in [2.45, 2.75) is 32.9 Å². The third-order valence-corrected chi connectivity index (χ3v) is 2.05. The molecule has 1 aromatic heterocycles. The van der Waals surface area contributed by atoms with E-state index in [1.165, 1.54) is 0 Å².